The van der Waals surface area contributed by atoms with Crippen molar-refractivity contribution in [1.82, 2.24) is 9.80 Å². The van der Waals surface area contributed by atoms with Crippen molar-refractivity contribution in [2.24, 2.45) is 11.8 Å². The Morgan fingerprint density at radius 2 is 2.08 bits per heavy atom. The molecule has 136 valence electrons. The number of carbonyl (C=O) groups is 2. The monoisotopic (exact) mass is 364 g/mol. The number of hydrogen-bond donors (Lipinski definition) is 0. The van der Waals surface area contributed by atoms with Crippen LogP contribution in [0.4, 0.5) is 0 Å². The first-order valence-electron chi connectivity index (χ1n) is 8.73. The number of likely N-dealkylation sites (tertiary alicyclic amines) is 1. The Hall–Kier alpha value is -1.75. The van der Waals surface area contributed by atoms with E-state index in [1.807, 2.05) is 32.0 Å². The standard InChI is InChI=1S/C19H25ClN2O3/c1-12-6-15(20)4-5-17(12)25-11-19(24)22(3)16-7-13-9-18(23)21(2)10-14(13)8-16/h4-6,13-14,16H,7-11H2,1-3H3/t13-,14+,16-/m1/s1. The van der Waals surface area contributed by atoms with E-state index in [1.54, 1.807) is 17.0 Å². The zero-order valence-corrected chi connectivity index (χ0v) is 15.8. The minimum absolute atomic E-state index is 0.0175. The number of amides is 2. The van der Waals surface area contributed by atoms with Gasteiger partial charge in [0.15, 0.2) is 6.61 Å². The third-order valence-electron chi connectivity index (χ3n) is 5.62. The van der Waals surface area contributed by atoms with Gasteiger partial charge in [-0.05, 0) is 55.4 Å². The van der Waals surface area contributed by atoms with E-state index in [0.29, 0.717) is 29.0 Å². The van der Waals surface area contributed by atoms with Gasteiger partial charge in [0.2, 0.25) is 5.91 Å². The van der Waals surface area contributed by atoms with Crippen LogP contribution in [0.2, 0.25) is 5.02 Å². The maximum absolute atomic E-state index is 12.5. The molecule has 0 aromatic heterocycles. The highest BCUT2D eigenvalue weighted by Gasteiger charge is 2.42. The molecule has 0 spiro atoms. The van der Waals surface area contributed by atoms with Crippen LogP contribution in [0.3, 0.4) is 0 Å². The second-order valence-corrected chi connectivity index (χ2v) is 7.76. The van der Waals surface area contributed by atoms with Crippen molar-refractivity contribution in [2.45, 2.75) is 32.2 Å². The molecule has 2 amide bonds. The minimum Gasteiger partial charge on any atom is -0.483 e. The predicted molar refractivity (Wildman–Crippen MR) is 96.7 cm³/mol. The molecule has 3 atom stereocenters. The fourth-order valence-electron chi connectivity index (χ4n) is 4.02. The third-order valence-corrected chi connectivity index (χ3v) is 5.85. The number of nitrogens with zero attached hydrogens (tertiary/aromatic N) is 2. The van der Waals surface area contributed by atoms with Gasteiger partial charge < -0.3 is 14.5 Å². The molecule has 1 aromatic rings. The number of aryl methyl sites for hydroxylation is 1. The number of carbonyl (C=O) groups excluding carboxylic acids is 2. The average Bonchev–Trinajstić information content (AvgIpc) is 2.96. The molecule has 3 rings (SSSR count). The molecule has 1 aliphatic carbocycles. The maximum Gasteiger partial charge on any atom is 0.260 e. The van der Waals surface area contributed by atoms with Crippen molar-refractivity contribution in [2.75, 3.05) is 27.2 Å². The summed E-state index contributed by atoms with van der Waals surface area (Å²) in [6.45, 7) is 2.73. The largest absolute Gasteiger partial charge is 0.483 e. The highest BCUT2D eigenvalue weighted by atomic mass is 35.5. The van der Waals surface area contributed by atoms with Crippen LogP contribution in [0.25, 0.3) is 0 Å². The van der Waals surface area contributed by atoms with Crippen LogP contribution in [0.15, 0.2) is 18.2 Å². The Morgan fingerprint density at radius 1 is 1.36 bits per heavy atom. The molecule has 1 saturated heterocycles. The number of rotatable bonds is 4. The Labute approximate surface area is 153 Å². The summed E-state index contributed by atoms with van der Waals surface area (Å²) in [6, 6.07) is 5.56. The van der Waals surface area contributed by atoms with Crippen molar-refractivity contribution in [3.05, 3.63) is 28.8 Å². The van der Waals surface area contributed by atoms with Crippen LogP contribution in [0, 0.1) is 18.8 Å². The summed E-state index contributed by atoms with van der Waals surface area (Å²) in [5, 5.41) is 0.654. The zero-order valence-electron chi connectivity index (χ0n) is 15.0. The Bertz CT molecular complexity index is 679. The van der Waals surface area contributed by atoms with Crippen molar-refractivity contribution in [3.63, 3.8) is 0 Å². The average molecular weight is 365 g/mol. The van der Waals surface area contributed by atoms with Crippen LogP contribution in [0.1, 0.15) is 24.8 Å². The van der Waals surface area contributed by atoms with E-state index in [4.69, 9.17) is 16.3 Å². The van der Waals surface area contributed by atoms with Gasteiger partial charge in [-0.3, -0.25) is 9.59 Å². The van der Waals surface area contributed by atoms with Gasteiger partial charge in [0.25, 0.3) is 5.91 Å². The number of ether oxygens (including phenoxy) is 1. The fraction of sp³-hybridized carbons (Fsp3) is 0.579. The SMILES string of the molecule is Cc1cc(Cl)ccc1OCC(=O)N(C)[C@@H]1C[C@@H]2CC(=O)N(C)C[C@@H]2C1. The van der Waals surface area contributed by atoms with E-state index in [-0.39, 0.29) is 24.5 Å². The topological polar surface area (TPSA) is 49.9 Å². The number of fused-ring (bicyclic) bond motifs is 1. The second-order valence-electron chi connectivity index (χ2n) is 7.33. The number of piperidine rings is 1. The fourth-order valence-corrected chi connectivity index (χ4v) is 4.25. The second kappa shape index (κ2) is 7.24. The lowest BCUT2D eigenvalue weighted by molar-refractivity contribution is -0.135. The van der Waals surface area contributed by atoms with Crippen molar-refractivity contribution in [3.8, 4) is 5.75 Å². The smallest absolute Gasteiger partial charge is 0.260 e. The summed E-state index contributed by atoms with van der Waals surface area (Å²) >= 11 is 5.94. The highest BCUT2D eigenvalue weighted by Crippen LogP contribution is 2.40. The number of hydrogen-bond acceptors (Lipinski definition) is 3. The first-order chi connectivity index (χ1) is 11.8. The van der Waals surface area contributed by atoms with Gasteiger partial charge in [-0.2, -0.15) is 0 Å². The number of halogens is 1. The van der Waals surface area contributed by atoms with E-state index in [9.17, 15) is 9.59 Å². The van der Waals surface area contributed by atoms with E-state index in [1.165, 1.54) is 0 Å². The van der Waals surface area contributed by atoms with Crippen molar-refractivity contribution >= 4 is 23.4 Å². The molecule has 2 fully saturated rings. The molecule has 1 aromatic carbocycles. The summed E-state index contributed by atoms with van der Waals surface area (Å²) in [6.07, 6.45) is 2.48. The predicted octanol–water partition coefficient (Wildman–Crippen LogP) is 2.74. The first-order valence-corrected chi connectivity index (χ1v) is 9.11. The maximum atomic E-state index is 12.5. The van der Waals surface area contributed by atoms with Crippen LogP contribution in [0.5, 0.6) is 5.75 Å². The molecule has 1 saturated carbocycles. The lowest BCUT2D eigenvalue weighted by atomic mass is 9.88. The molecule has 0 unspecified atom stereocenters. The normalized spacial score (nSPS) is 25.7. The lowest BCUT2D eigenvalue weighted by Gasteiger charge is -2.31. The van der Waals surface area contributed by atoms with E-state index in [0.717, 1.165) is 24.9 Å². The number of benzene rings is 1. The Balaban J connectivity index is 1.55. The van der Waals surface area contributed by atoms with E-state index >= 15 is 0 Å². The Morgan fingerprint density at radius 3 is 2.80 bits per heavy atom. The molecule has 25 heavy (non-hydrogen) atoms. The van der Waals surface area contributed by atoms with Crippen LogP contribution in [-0.4, -0.2) is 54.9 Å². The molecule has 0 bridgehead atoms. The Kier molecular flexibility index (Phi) is 5.23. The summed E-state index contributed by atoms with van der Waals surface area (Å²) < 4.78 is 5.67. The van der Waals surface area contributed by atoms with Gasteiger partial charge in [-0.15, -0.1) is 0 Å². The zero-order chi connectivity index (χ0) is 18.1. The molecule has 0 radical (unpaired) electrons. The van der Waals surface area contributed by atoms with Crippen molar-refractivity contribution in [1.29, 1.82) is 0 Å². The molecular formula is C19H25ClN2O3. The van der Waals surface area contributed by atoms with Gasteiger partial charge in [-0.25, -0.2) is 0 Å². The summed E-state index contributed by atoms with van der Waals surface area (Å²) in [7, 11) is 3.71. The summed E-state index contributed by atoms with van der Waals surface area (Å²) in [5.41, 5.74) is 0.913. The molecule has 6 heteroatoms. The van der Waals surface area contributed by atoms with Gasteiger partial charge in [-0.1, -0.05) is 11.6 Å². The summed E-state index contributed by atoms with van der Waals surface area (Å²) in [4.78, 5) is 28.0. The molecule has 0 N–H and O–H groups in total. The molecular weight excluding hydrogens is 340 g/mol. The quantitative estimate of drug-likeness (QED) is 0.825. The third kappa shape index (κ3) is 3.92. The number of likely N-dealkylation sites (N-methyl/N-ethyl adjacent to an activating group) is 1. The highest BCUT2D eigenvalue weighted by molar-refractivity contribution is 6.30. The minimum atomic E-state index is -0.0299. The van der Waals surface area contributed by atoms with Gasteiger partial charge in [0.1, 0.15) is 5.75 Å². The van der Waals surface area contributed by atoms with Gasteiger partial charge in [0.05, 0.1) is 0 Å². The lowest BCUT2D eigenvalue weighted by Crippen LogP contribution is -2.40. The van der Waals surface area contributed by atoms with Gasteiger partial charge in [0, 0.05) is 38.1 Å². The van der Waals surface area contributed by atoms with Crippen molar-refractivity contribution < 1.29 is 14.3 Å². The van der Waals surface area contributed by atoms with Crippen LogP contribution in [-0.2, 0) is 9.59 Å². The van der Waals surface area contributed by atoms with Gasteiger partial charge >= 0.3 is 0 Å². The first kappa shape index (κ1) is 18.1. The van der Waals surface area contributed by atoms with Crippen LogP contribution >= 0.6 is 11.6 Å². The van der Waals surface area contributed by atoms with E-state index in [2.05, 4.69) is 0 Å². The molecule has 1 aliphatic heterocycles. The summed E-state index contributed by atoms with van der Waals surface area (Å²) in [5.74, 6) is 1.78. The van der Waals surface area contributed by atoms with E-state index < -0.39 is 0 Å². The molecule has 5 nitrogen and oxygen atoms in total. The van der Waals surface area contributed by atoms with Crippen LogP contribution < -0.4 is 4.74 Å². The molecule has 2 aliphatic rings. The molecule has 1 heterocycles.